The minimum atomic E-state index is -3.90. The molecule has 0 aromatic heterocycles. The van der Waals surface area contributed by atoms with Gasteiger partial charge in [-0.1, -0.05) is 12.5 Å². The number of benzene rings is 1. The van der Waals surface area contributed by atoms with E-state index in [1.165, 1.54) is 29.7 Å². The smallest absolute Gasteiger partial charge is 0.347 e. The largest absolute Gasteiger partial charge is 0.486 e. The van der Waals surface area contributed by atoms with Gasteiger partial charge in [-0.3, -0.25) is 9.80 Å². The van der Waals surface area contributed by atoms with E-state index in [2.05, 4.69) is 25.1 Å². The predicted octanol–water partition coefficient (Wildman–Crippen LogP) is 0.651. The number of aliphatic imine (C=N–C) groups is 1. The molecule has 0 amide bonds. The quantitative estimate of drug-likeness (QED) is 0.711. The lowest BCUT2D eigenvalue weighted by molar-refractivity contribution is 0.0765. The third kappa shape index (κ3) is 4.62. The zero-order chi connectivity index (χ0) is 21.3. The van der Waals surface area contributed by atoms with E-state index in [-0.39, 0.29) is 24.1 Å². The minimum Gasteiger partial charge on any atom is -0.486 e. The second-order valence-electron chi connectivity index (χ2n) is 7.86. The molecule has 1 aromatic rings. The highest BCUT2D eigenvalue weighted by atomic mass is 32.2. The first-order valence-electron chi connectivity index (χ1n) is 10.2. The SMILES string of the molecule is CC(N=C1NS(=O)(=O)N=C(N)N1C)C1COc2ccc(CN3CCCCC3)cc2O1. The molecule has 3 heterocycles. The van der Waals surface area contributed by atoms with Crippen molar-refractivity contribution >= 4 is 22.1 Å². The van der Waals surface area contributed by atoms with Crippen LogP contribution in [-0.4, -0.2) is 69.0 Å². The number of nitrogens with one attached hydrogen (secondary N) is 1. The number of fused-ring (bicyclic) bond motifs is 1. The van der Waals surface area contributed by atoms with Gasteiger partial charge in [0.05, 0.1) is 6.04 Å². The molecule has 0 saturated carbocycles. The molecule has 0 spiro atoms. The summed E-state index contributed by atoms with van der Waals surface area (Å²) >= 11 is 0. The maximum Gasteiger partial charge on any atom is 0.347 e. The first-order valence-corrected chi connectivity index (χ1v) is 11.6. The summed E-state index contributed by atoms with van der Waals surface area (Å²) in [5.74, 6) is 1.35. The average Bonchev–Trinajstić information content (AvgIpc) is 2.71. The van der Waals surface area contributed by atoms with Crippen LogP contribution >= 0.6 is 0 Å². The molecule has 3 N–H and O–H groups in total. The lowest BCUT2D eigenvalue weighted by atomic mass is 10.1. The van der Waals surface area contributed by atoms with Crippen molar-refractivity contribution in [3.8, 4) is 11.5 Å². The molecule has 3 aliphatic heterocycles. The van der Waals surface area contributed by atoms with Gasteiger partial charge in [0.1, 0.15) is 6.61 Å². The molecule has 11 heteroatoms. The van der Waals surface area contributed by atoms with E-state index in [1.54, 1.807) is 7.05 Å². The summed E-state index contributed by atoms with van der Waals surface area (Å²) in [5.41, 5.74) is 6.85. The molecule has 4 rings (SSSR count). The van der Waals surface area contributed by atoms with Gasteiger partial charge in [-0.25, -0.2) is 9.71 Å². The molecule has 30 heavy (non-hydrogen) atoms. The number of rotatable bonds is 4. The number of nitrogens with zero attached hydrogens (tertiary/aromatic N) is 4. The molecule has 10 nitrogen and oxygen atoms in total. The van der Waals surface area contributed by atoms with Crippen LogP contribution in [-0.2, 0) is 16.8 Å². The van der Waals surface area contributed by atoms with Crippen LogP contribution in [0.1, 0.15) is 31.7 Å². The average molecular weight is 437 g/mol. The fraction of sp³-hybridized carbons (Fsp3) is 0.579. The van der Waals surface area contributed by atoms with Crippen molar-refractivity contribution in [2.75, 3.05) is 26.7 Å². The molecule has 0 radical (unpaired) electrons. The van der Waals surface area contributed by atoms with Crippen molar-refractivity contribution in [1.29, 1.82) is 0 Å². The normalized spacial score (nSPS) is 26.1. The fourth-order valence-corrected chi connectivity index (χ4v) is 4.57. The molecule has 1 aromatic carbocycles. The summed E-state index contributed by atoms with van der Waals surface area (Å²) < 4.78 is 41.3. The Morgan fingerprint density at radius 1 is 1.30 bits per heavy atom. The van der Waals surface area contributed by atoms with Gasteiger partial charge in [0.15, 0.2) is 17.6 Å². The maximum absolute atomic E-state index is 11.8. The second-order valence-corrected chi connectivity index (χ2v) is 9.20. The molecule has 2 unspecified atom stereocenters. The molecule has 0 bridgehead atoms. The van der Waals surface area contributed by atoms with Crippen molar-refractivity contribution in [2.45, 2.75) is 44.9 Å². The Morgan fingerprint density at radius 2 is 2.07 bits per heavy atom. The van der Waals surface area contributed by atoms with Crippen LogP contribution < -0.4 is 19.9 Å². The molecular weight excluding hydrogens is 408 g/mol. The third-order valence-corrected chi connectivity index (χ3v) is 6.37. The number of nitrogens with two attached hydrogens (primary N) is 1. The van der Waals surface area contributed by atoms with Crippen LogP contribution in [0.25, 0.3) is 0 Å². The third-order valence-electron chi connectivity index (χ3n) is 5.50. The van der Waals surface area contributed by atoms with Crippen LogP contribution in [0.5, 0.6) is 11.5 Å². The van der Waals surface area contributed by atoms with Crippen LogP contribution in [0.4, 0.5) is 0 Å². The van der Waals surface area contributed by atoms with Crippen molar-refractivity contribution < 1.29 is 17.9 Å². The van der Waals surface area contributed by atoms with Crippen LogP contribution in [0, 0.1) is 0 Å². The molecule has 1 fully saturated rings. The number of hydrogen-bond acceptors (Lipinski definition) is 7. The summed E-state index contributed by atoms with van der Waals surface area (Å²) in [6.07, 6.45) is 3.44. The van der Waals surface area contributed by atoms with E-state index >= 15 is 0 Å². The van der Waals surface area contributed by atoms with Gasteiger partial charge in [0.2, 0.25) is 11.9 Å². The Bertz CT molecular complexity index is 958. The second kappa shape index (κ2) is 8.31. The zero-order valence-electron chi connectivity index (χ0n) is 17.2. The molecule has 0 aliphatic carbocycles. The monoisotopic (exact) mass is 436 g/mol. The van der Waals surface area contributed by atoms with E-state index in [9.17, 15) is 8.42 Å². The van der Waals surface area contributed by atoms with E-state index in [4.69, 9.17) is 15.2 Å². The minimum absolute atomic E-state index is 0.100. The number of ether oxygens (including phenoxy) is 2. The molecule has 1 saturated heterocycles. The van der Waals surface area contributed by atoms with Gasteiger partial charge < -0.3 is 15.2 Å². The van der Waals surface area contributed by atoms with Gasteiger partial charge in [-0.2, -0.15) is 8.42 Å². The van der Waals surface area contributed by atoms with Crippen molar-refractivity contribution in [2.24, 2.45) is 15.1 Å². The van der Waals surface area contributed by atoms with Crippen LogP contribution in [0.2, 0.25) is 0 Å². The maximum atomic E-state index is 11.8. The van der Waals surface area contributed by atoms with Crippen LogP contribution in [0.3, 0.4) is 0 Å². The van der Waals surface area contributed by atoms with Gasteiger partial charge in [0.25, 0.3) is 0 Å². The summed E-state index contributed by atoms with van der Waals surface area (Å²) in [4.78, 5) is 8.29. The van der Waals surface area contributed by atoms with E-state index in [0.717, 1.165) is 19.6 Å². The van der Waals surface area contributed by atoms with Gasteiger partial charge in [0, 0.05) is 13.6 Å². The van der Waals surface area contributed by atoms with Gasteiger partial charge >= 0.3 is 10.2 Å². The fourth-order valence-electron chi connectivity index (χ4n) is 3.73. The topological polar surface area (TPSA) is 122 Å². The summed E-state index contributed by atoms with van der Waals surface area (Å²) in [6, 6.07) is 5.67. The Hall–Kier alpha value is -2.53. The number of hydrogen-bond donors (Lipinski definition) is 2. The molecule has 3 aliphatic rings. The lowest BCUT2D eigenvalue weighted by Crippen LogP contribution is -2.53. The van der Waals surface area contributed by atoms with Crippen molar-refractivity contribution in [3.63, 3.8) is 0 Å². The highest BCUT2D eigenvalue weighted by Gasteiger charge is 2.30. The Balaban J connectivity index is 1.46. The van der Waals surface area contributed by atoms with Crippen molar-refractivity contribution in [3.05, 3.63) is 23.8 Å². The summed E-state index contributed by atoms with van der Waals surface area (Å²) in [7, 11) is -2.31. The summed E-state index contributed by atoms with van der Waals surface area (Å²) in [6.45, 7) is 5.30. The Morgan fingerprint density at radius 3 is 2.83 bits per heavy atom. The van der Waals surface area contributed by atoms with Gasteiger partial charge in [-0.15, -0.1) is 4.40 Å². The summed E-state index contributed by atoms with van der Waals surface area (Å²) in [5, 5.41) is 0. The zero-order valence-corrected chi connectivity index (χ0v) is 18.1. The lowest BCUT2D eigenvalue weighted by Gasteiger charge is -2.31. The number of guanidine groups is 2. The standard InChI is InChI=1S/C19H28N6O4S/c1-13(21-19-23-30(26,27)22-18(20)24(19)2)17-12-28-15-7-6-14(10-16(15)29-17)11-25-8-4-3-5-9-25/h6-7,10,13,17H,3-5,8-9,11-12H2,1-2H3,(H2,20,22)(H,21,23). The first kappa shape index (κ1) is 20.7. The van der Waals surface area contributed by atoms with Crippen molar-refractivity contribution in [1.82, 2.24) is 14.5 Å². The van der Waals surface area contributed by atoms with E-state index in [1.807, 2.05) is 19.1 Å². The number of piperidine rings is 1. The predicted molar refractivity (Wildman–Crippen MR) is 114 cm³/mol. The Kier molecular flexibility index (Phi) is 5.74. The van der Waals surface area contributed by atoms with E-state index < -0.39 is 10.2 Å². The Labute approximate surface area is 176 Å². The molecule has 164 valence electrons. The number of likely N-dealkylation sites (tertiary alicyclic amines) is 1. The van der Waals surface area contributed by atoms with E-state index in [0.29, 0.717) is 18.1 Å². The highest BCUT2D eigenvalue weighted by Crippen LogP contribution is 2.34. The van der Waals surface area contributed by atoms with Crippen LogP contribution in [0.15, 0.2) is 27.6 Å². The molecule has 2 atom stereocenters. The highest BCUT2D eigenvalue weighted by molar-refractivity contribution is 7.89. The molecular formula is C19H28N6O4S. The first-order chi connectivity index (χ1) is 14.3. The van der Waals surface area contributed by atoms with Gasteiger partial charge in [-0.05, 0) is 50.6 Å².